The Balaban J connectivity index is 1.72. The first kappa shape index (κ1) is 15.9. The van der Waals surface area contributed by atoms with Gasteiger partial charge in [0.2, 0.25) is 0 Å². The highest BCUT2D eigenvalue weighted by Crippen LogP contribution is 2.30. The number of ether oxygens (including phenoxy) is 2. The number of carbonyl (C=O) groups excluding carboxylic acids is 2. The summed E-state index contributed by atoms with van der Waals surface area (Å²) in [5.74, 6) is 0.794. The van der Waals surface area contributed by atoms with Crippen molar-refractivity contribution in [1.82, 2.24) is 5.32 Å². The van der Waals surface area contributed by atoms with Crippen LogP contribution in [0.1, 0.15) is 22.8 Å². The number of rotatable bonds is 4. The Bertz CT molecular complexity index is 788. The van der Waals surface area contributed by atoms with Crippen LogP contribution in [0.15, 0.2) is 42.5 Å². The minimum absolute atomic E-state index is 0.198. The van der Waals surface area contributed by atoms with Crippen LogP contribution in [-0.2, 0) is 11.3 Å². The number of benzene rings is 2. The first-order valence-electron chi connectivity index (χ1n) is 7.60. The van der Waals surface area contributed by atoms with Crippen molar-refractivity contribution in [2.24, 2.45) is 0 Å². The van der Waals surface area contributed by atoms with E-state index in [4.69, 9.17) is 9.47 Å². The molecule has 1 aliphatic rings. The van der Waals surface area contributed by atoms with E-state index in [9.17, 15) is 9.59 Å². The third-order valence-corrected chi connectivity index (χ3v) is 3.81. The van der Waals surface area contributed by atoms with Crippen molar-refractivity contribution in [3.63, 3.8) is 0 Å². The van der Waals surface area contributed by atoms with Crippen LogP contribution in [0, 0.1) is 0 Å². The molecule has 6 heteroatoms. The summed E-state index contributed by atoms with van der Waals surface area (Å²) in [6, 6.07) is 12.4. The summed E-state index contributed by atoms with van der Waals surface area (Å²) in [6.45, 7) is 2.01. The van der Waals surface area contributed by atoms with E-state index in [1.807, 2.05) is 24.3 Å². The quantitative estimate of drug-likeness (QED) is 0.904. The molecule has 2 amide bonds. The van der Waals surface area contributed by atoms with Crippen molar-refractivity contribution in [3.05, 3.63) is 53.6 Å². The van der Waals surface area contributed by atoms with E-state index in [1.165, 1.54) is 0 Å². The fourth-order valence-corrected chi connectivity index (χ4v) is 2.47. The van der Waals surface area contributed by atoms with Crippen LogP contribution >= 0.6 is 0 Å². The summed E-state index contributed by atoms with van der Waals surface area (Å²) in [4.78, 5) is 23.9. The fraction of sp³-hybridized carbons (Fsp3) is 0.222. The second-order valence-corrected chi connectivity index (χ2v) is 5.45. The highest BCUT2D eigenvalue weighted by atomic mass is 16.5. The maximum atomic E-state index is 12.4. The third-order valence-electron chi connectivity index (χ3n) is 3.81. The van der Waals surface area contributed by atoms with Crippen LogP contribution in [0.3, 0.4) is 0 Å². The molecule has 6 nitrogen and oxygen atoms in total. The summed E-state index contributed by atoms with van der Waals surface area (Å²) in [5.41, 5.74) is 1.93. The molecule has 2 aromatic rings. The van der Waals surface area contributed by atoms with Gasteiger partial charge in [-0.25, -0.2) is 0 Å². The van der Waals surface area contributed by atoms with Gasteiger partial charge in [-0.1, -0.05) is 18.2 Å². The summed E-state index contributed by atoms with van der Waals surface area (Å²) in [5, 5.41) is 5.59. The number of amides is 2. The molecular weight excluding hydrogens is 308 g/mol. The van der Waals surface area contributed by atoms with Crippen molar-refractivity contribution < 1.29 is 19.1 Å². The van der Waals surface area contributed by atoms with Crippen LogP contribution in [0.5, 0.6) is 11.5 Å². The maximum Gasteiger partial charge on any atom is 0.265 e. The van der Waals surface area contributed by atoms with Gasteiger partial charge in [0.15, 0.2) is 6.10 Å². The van der Waals surface area contributed by atoms with Gasteiger partial charge in [0.1, 0.15) is 11.5 Å². The monoisotopic (exact) mass is 326 g/mol. The molecule has 2 aromatic carbocycles. The topological polar surface area (TPSA) is 76.7 Å². The molecule has 1 heterocycles. The average molecular weight is 326 g/mol. The molecule has 3 rings (SSSR count). The lowest BCUT2D eigenvalue weighted by molar-refractivity contribution is -0.122. The van der Waals surface area contributed by atoms with Crippen LogP contribution < -0.4 is 20.1 Å². The number of methoxy groups -OCH3 is 1. The van der Waals surface area contributed by atoms with Crippen LogP contribution in [0.25, 0.3) is 0 Å². The molecule has 0 fully saturated rings. The van der Waals surface area contributed by atoms with E-state index < -0.39 is 6.10 Å². The molecule has 1 aliphatic heterocycles. The maximum absolute atomic E-state index is 12.4. The van der Waals surface area contributed by atoms with E-state index in [2.05, 4.69) is 10.6 Å². The second-order valence-electron chi connectivity index (χ2n) is 5.45. The number of nitrogens with one attached hydrogen (secondary N) is 2. The number of anilines is 1. The lowest BCUT2D eigenvalue weighted by atomic mass is 10.1. The molecular formula is C18H18N2O4. The molecule has 0 bridgehead atoms. The molecule has 1 unspecified atom stereocenters. The van der Waals surface area contributed by atoms with Gasteiger partial charge < -0.3 is 20.1 Å². The largest absolute Gasteiger partial charge is 0.496 e. The van der Waals surface area contributed by atoms with Crippen LogP contribution in [-0.4, -0.2) is 25.0 Å². The standard InChI is InChI=1S/C18H18N2O4/c1-11-17(21)20-14-8-7-12(9-16(14)24-11)18(22)19-10-13-5-3-4-6-15(13)23-2/h3-9,11H,10H2,1-2H3,(H,19,22)(H,20,21). The van der Waals surface area contributed by atoms with Gasteiger partial charge in [0.25, 0.3) is 11.8 Å². The Kier molecular flexibility index (Phi) is 4.37. The SMILES string of the molecule is COc1ccccc1CNC(=O)c1ccc2c(c1)OC(C)C(=O)N2. The van der Waals surface area contributed by atoms with Gasteiger partial charge in [0, 0.05) is 17.7 Å². The van der Waals surface area contributed by atoms with Crippen molar-refractivity contribution in [1.29, 1.82) is 0 Å². The number of hydrogen-bond donors (Lipinski definition) is 2. The Labute approximate surface area is 139 Å². The zero-order chi connectivity index (χ0) is 17.1. The van der Waals surface area contributed by atoms with E-state index in [0.717, 1.165) is 11.3 Å². The van der Waals surface area contributed by atoms with Crippen LogP contribution in [0.2, 0.25) is 0 Å². The lowest BCUT2D eigenvalue weighted by Gasteiger charge is -2.23. The summed E-state index contributed by atoms with van der Waals surface area (Å²) in [7, 11) is 1.59. The third kappa shape index (κ3) is 3.17. The zero-order valence-corrected chi connectivity index (χ0v) is 13.5. The molecule has 24 heavy (non-hydrogen) atoms. The molecule has 0 saturated heterocycles. The van der Waals surface area contributed by atoms with Crippen molar-refractivity contribution >= 4 is 17.5 Å². The van der Waals surface area contributed by atoms with E-state index >= 15 is 0 Å². The molecule has 1 atom stereocenters. The van der Waals surface area contributed by atoms with Gasteiger partial charge in [0.05, 0.1) is 12.8 Å². The highest BCUT2D eigenvalue weighted by Gasteiger charge is 2.24. The van der Waals surface area contributed by atoms with Gasteiger partial charge >= 0.3 is 0 Å². The first-order valence-corrected chi connectivity index (χ1v) is 7.60. The molecule has 0 radical (unpaired) electrons. The average Bonchev–Trinajstić information content (AvgIpc) is 2.60. The van der Waals surface area contributed by atoms with Gasteiger partial charge in [-0.05, 0) is 31.2 Å². The van der Waals surface area contributed by atoms with Gasteiger partial charge in [-0.15, -0.1) is 0 Å². The fourth-order valence-electron chi connectivity index (χ4n) is 2.47. The lowest BCUT2D eigenvalue weighted by Crippen LogP contribution is -2.34. The Morgan fingerprint density at radius 2 is 2.08 bits per heavy atom. The van der Waals surface area contributed by atoms with E-state index in [1.54, 1.807) is 32.2 Å². The number of fused-ring (bicyclic) bond motifs is 1. The Morgan fingerprint density at radius 3 is 2.88 bits per heavy atom. The molecule has 0 spiro atoms. The predicted molar refractivity (Wildman–Crippen MR) is 89.3 cm³/mol. The van der Waals surface area contributed by atoms with Gasteiger partial charge in [-0.2, -0.15) is 0 Å². The Hall–Kier alpha value is -3.02. The second kappa shape index (κ2) is 6.62. The summed E-state index contributed by atoms with van der Waals surface area (Å²) in [6.07, 6.45) is -0.579. The number of carbonyl (C=O) groups is 2. The molecule has 0 aliphatic carbocycles. The van der Waals surface area contributed by atoms with E-state index in [-0.39, 0.29) is 11.8 Å². The molecule has 2 N–H and O–H groups in total. The van der Waals surface area contributed by atoms with Crippen molar-refractivity contribution in [2.75, 3.05) is 12.4 Å². The normalized spacial score (nSPS) is 15.8. The van der Waals surface area contributed by atoms with E-state index in [0.29, 0.717) is 23.5 Å². The Morgan fingerprint density at radius 1 is 1.29 bits per heavy atom. The first-order chi connectivity index (χ1) is 11.6. The smallest absolute Gasteiger partial charge is 0.265 e. The summed E-state index contributed by atoms with van der Waals surface area (Å²) >= 11 is 0. The van der Waals surface area contributed by atoms with Crippen LogP contribution in [0.4, 0.5) is 5.69 Å². The van der Waals surface area contributed by atoms with Gasteiger partial charge in [-0.3, -0.25) is 9.59 Å². The molecule has 0 saturated carbocycles. The van der Waals surface area contributed by atoms with Crippen molar-refractivity contribution in [3.8, 4) is 11.5 Å². The highest BCUT2D eigenvalue weighted by molar-refractivity contribution is 6.00. The molecule has 124 valence electrons. The number of hydrogen-bond acceptors (Lipinski definition) is 4. The zero-order valence-electron chi connectivity index (χ0n) is 13.5. The van der Waals surface area contributed by atoms with Crippen molar-refractivity contribution in [2.45, 2.75) is 19.6 Å². The minimum Gasteiger partial charge on any atom is -0.496 e. The minimum atomic E-state index is -0.579. The predicted octanol–water partition coefficient (Wildman–Crippen LogP) is 2.34. The summed E-state index contributed by atoms with van der Waals surface area (Å²) < 4.78 is 10.8. The molecule has 0 aromatic heterocycles. The number of para-hydroxylation sites is 1.